The van der Waals surface area contributed by atoms with Crippen LogP contribution >= 0.6 is 0 Å². The summed E-state index contributed by atoms with van der Waals surface area (Å²) in [5.74, 6) is 0.177. The molecule has 0 saturated heterocycles. The maximum absolute atomic E-state index is 11.9. The molecule has 4 rings (SSSR count). The van der Waals surface area contributed by atoms with Crippen molar-refractivity contribution in [1.29, 1.82) is 0 Å². The molecule has 132 valence electrons. The molecule has 0 heterocycles. The molecule has 0 saturated carbocycles. The third-order valence-electron chi connectivity index (χ3n) is 5.32. The lowest BCUT2D eigenvalue weighted by Gasteiger charge is -2.14. The van der Waals surface area contributed by atoms with Crippen LogP contribution in [0.15, 0.2) is 54.6 Å². The molecule has 0 atom stereocenters. The zero-order valence-electron chi connectivity index (χ0n) is 15.3. The van der Waals surface area contributed by atoms with E-state index in [0.29, 0.717) is 6.42 Å². The molecule has 0 unspecified atom stereocenters. The summed E-state index contributed by atoms with van der Waals surface area (Å²) in [5, 5.41) is 11.0. The van der Waals surface area contributed by atoms with Gasteiger partial charge >= 0.3 is 0 Å². The SMILES string of the molecule is CCCCNC(=O)CCCc1ccc2ccc3cccc4ccc1c2c34. The highest BCUT2D eigenvalue weighted by atomic mass is 16.1. The molecule has 0 aliphatic rings. The topological polar surface area (TPSA) is 29.1 Å². The number of carbonyl (C=O) groups is 1. The Morgan fingerprint density at radius 1 is 0.846 bits per heavy atom. The van der Waals surface area contributed by atoms with Crippen molar-refractivity contribution in [3.63, 3.8) is 0 Å². The van der Waals surface area contributed by atoms with Crippen LogP contribution in [0, 0.1) is 0 Å². The number of carbonyl (C=O) groups excluding carboxylic acids is 1. The van der Waals surface area contributed by atoms with Gasteiger partial charge in [0.25, 0.3) is 0 Å². The van der Waals surface area contributed by atoms with Crippen LogP contribution in [0.2, 0.25) is 0 Å². The highest BCUT2D eigenvalue weighted by molar-refractivity contribution is 6.23. The maximum Gasteiger partial charge on any atom is 0.220 e. The first kappa shape index (κ1) is 16.8. The van der Waals surface area contributed by atoms with Crippen LogP contribution < -0.4 is 5.32 Å². The van der Waals surface area contributed by atoms with Gasteiger partial charge in [0.1, 0.15) is 0 Å². The van der Waals surface area contributed by atoms with E-state index >= 15 is 0 Å². The fraction of sp³-hybridized carbons (Fsp3) is 0.292. The minimum absolute atomic E-state index is 0.177. The quantitative estimate of drug-likeness (QED) is 0.332. The zero-order chi connectivity index (χ0) is 17.9. The second-order valence-corrected chi connectivity index (χ2v) is 7.14. The smallest absolute Gasteiger partial charge is 0.220 e. The molecule has 0 aliphatic heterocycles. The molecule has 0 spiro atoms. The summed E-state index contributed by atoms with van der Waals surface area (Å²) in [6.07, 6.45) is 4.60. The fourth-order valence-electron chi connectivity index (χ4n) is 3.95. The summed E-state index contributed by atoms with van der Waals surface area (Å²) in [4.78, 5) is 11.9. The summed E-state index contributed by atoms with van der Waals surface area (Å²) in [5.41, 5.74) is 1.34. The molecule has 4 aromatic carbocycles. The van der Waals surface area contributed by atoms with Gasteiger partial charge in [-0.1, -0.05) is 67.9 Å². The van der Waals surface area contributed by atoms with E-state index in [1.165, 1.54) is 37.9 Å². The second-order valence-electron chi connectivity index (χ2n) is 7.14. The Labute approximate surface area is 154 Å². The number of hydrogen-bond acceptors (Lipinski definition) is 1. The Morgan fingerprint density at radius 2 is 1.54 bits per heavy atom. The molecule has 1 amide bonds. The average molecular weight is 343 g/mol. The van der Waals surface area contributed by atoms with Crippen LogP contribution in [0.1, 0.15) is 38.2 Å². The van der Waals surface area contributed by atoms with Gasteiger partial charge in [-0.25, -0.2) is 0 Å². The molecule has 26 heavy (non-hydrogen) atoms. The Hall–Kier alpha value is -2.61. The first-order valence-corrected chi connectivity index (χ1v) is 9.70. The van der Waals surface area contributed by atoms with Crippen molar-refractivity contribution >= 4 is 38.2 Å². The van der Waals surface area contributed by atoms with Gasteiger partial charge in [-0.05, 0) is 57.1 Å². The van der Waals surface area contributed by atoms with Gasteiger partial charge in [-0.3, -0.25) is 4.79 Å². The lowest BCUT2D eigenvalue weighted by atomic mass is 9.90. The van der Waals surface area contributed by atoms with Gasteiger partial charge in [-0.2, -0.15) is 0 Å². The van der Waals surface area contributed by atoms with E-state index in [1.54, 1.807) is 0 Å². The molecule has 0 aliphatic carbocycles. The number of nitrogens with one attached hydrogen (secondary N) is 1. The van der Waals surface area contributed by atoms with Crippen molar-refractivity contribution in [2.24, 2.45) is 0 Å². The summed E-state index contributed by atoms with van der Waals surface area (Å²) in [7, 11) is 0. The van der Waals surface area contributed by atoms with E-state index in [2.05, 4.69) is 66.8 Å². The number of hydrogen-bond donors (Lipinski definition) is 1. The van der Waals surface area contributed by atoms with Crippen LogP contribution in [0.25, 0.3) is 32.3 Å². The largest absolute Gasteiger partial charge is 0.356 e. The van der Waals surface area contributed by atoms with Gasteiger partial charge in [0.15, 0.2) is 0 Å². The molecule has 2 heteroatoms. The highest BCUT2D eigenvalue weighted by Gasteiger charge is 2.11. The number of rotatable bonds is 7. The summed E-state index contributed by atoms with van der Waals surface area (Å²) < 4.78 is 0. The predicted octanol–water partition coefficient (Wildman–Crippen LogP) is 5.82. The third-order valence-corrected chi connectivity index (χ3v) is 5.32. The van der Waals surface area contributed by atoms with Crippen molar-refractivity contribution < 1.29 is 4.79 Å². The third kappa shape index (κ3) is 3.12. The molecule has 4 aromatic rings. The van der Waals surface area contributed by atoms with E-state index in [1.807, 2.05) is 0 Å². The number of amides is 1. The van der Waals surface area contributed by atoms with E-state index in [-0.39, 0.29) is 5.91 Å². The van der Waals surface area contributed by atoms with Crippen molar-refractivity contribution in [3.05, 3.63) is 60.2 Å². The summed E-state index contributed by atoms with van der Waals surface area (Å²) in [6.45, 7) is 2.94. The summed E-state index contributed by atoms with van der Waals surface area (Å²) in [6, 6.07) is 19.9. The van der Waals surface area contributed by atoms with Crippen molar-refractivity contribution in [2.45, 2.75) is 39.0 Å². The van der Waals surface area contributed by atoms with Gasteiger partial charge in [0.05, 0.1) is 0 Å². The zero-order valence-corrected chi connectivity index (χ0v) is 15.3. The molecular weight excluding hydrogens is 318 g/mol. The van der Waals surface area contributed by atoms with Crippen molar-refractivity contribution in [1.82, 2.24) is 5.32 Å². The van der Waals surface area contributed by atoms with E-state index < -0.39 is 0 Å². The number of unbranched alkanes of at least 4 members (excludes halogenated alkanes) is 1. The Balaban J connectivity index is 1.59. The van der Waals surface area contributed by atoms with E-state index in [4.69, 9.17) is 0 Å². The molecule has 1 N–H and O–H groups in total. The fourth-order valence-corrected chi connectivity index (χ4v) is 3.95. The lowest BCUT2D eigenvalue weighted by molar-refractivity contribution is -0.121. The van der Waals surface area contributed by atoms with Crippen LogP contribution in [-0.2, 0) is 11.2 Å². The van der Waals surface area contributed by atoms with Gasteiger partial charge in [0, 0.05) is 13.0 Å². The second kappa shape index (κ2) is 7.33. The first-order chi connectivity index (χ1) is 12.8. The standard InChI is InChI=1S/C24H25NO/c1-2-3-16-25-22(26)9-5-6-17-10-11-20-13-12-18-7-4-8-19-14-15-21(17)24(20)23(18)19/h4,7-8,10-15H,2-3,5-6,9,16H2,1H3,(H,25,26). The van der Waals surface area contributed by atoms with Crippen LogP contribution in [0.3, 0.4) is 0 Å². The average Bonchev–Trinajstić information content (AvgIpc) is 2.67. The first-order valence-electron chi connectivity index (χ1n) is 9.70. The van der Waals surface area contributed by atoms with Gasteiger partial charge < -0.3 is 5.32 Å². The Morgan fingerprint density at radius 3 is 2.31 bits per heavy atom. The van der Waals surface area contributed by atoms with Crippen LogP contribution in [-0.4, -0.2) is 12.5 Å². The van der Waals surface area contributed by atoms with E-state index in [0.717, 1.165) is 32.2 Å². The molecule has 0 radical (unpaired) electrons. The number of benzene rings is 4. The van der Waals surface area contributed by atoms with Gasteiger partial charge in [-0.15, -0.1) is 0 Å². The van der Waals surface area contributed by atoms with Crippen molar-refractivity contribution in [3.8, 4) is 0 Å². The molecule has 2 nitrogen and oxygen atoms in total. The minimum Gasteiger partial charge on any atom is -0.356 e. The monoisotopic (exact) mass is 343 g/mol. The van der Waals surface area contributed by atoms with Crippen LogP contribution in [0.4, 0.5) is 0 Å². The Kier molecular flexibility index (Phi) is 4.75. The van der Waals surface area contributed by atoms with Crippen molar-refractivity contribution in [2.75, 3.05) is 6.54 Å². The van der Waals surface area contributed by atoms with Gasteiger partial charge in [0.2, 0.25) is 5.91 Å². The molecule has 0 fully saturated rings. The van der Waals surface area contributed by atoms with Crippen LogP contribution in [0.5, 0.6) is 0 Å². The predicted molar refractivity (Wildman–Crippen MR) is 111 cm³/mol. The molecule has 0 bridgehead atoms. The summed E-state index contributed by atoms with van der Waals surface area (Å²) >= 11 is 0. The van der Waals surface area contributed by atoms with E-state index in [9.17, 15) is 4.79 Å². The minimum atomic E-state index is 0.177. The molecular formula is C24H25NO. The lowest BCUT2D eigenvalue weighted by Crippen LogP contribution is -2.23. The maximum atomic E-state index is 11.9. The number of aryl methyl sites for hydroxylation is 1. The highest BCUT2D eigenvalue weighted by Crippen LogP contribution is 2.36. The Bertz CT molecular complexity index is 1030. The normalized spacial score (nSPS) is 11.6. The molecule has 0 aromatic heterocycles.